The van der Waals surface area contributed by atoms with Gasteiger partial charge in [0.05, 0.1) is 5.56 Å². The molecule has 7 heteroatoms. The number of aromatic nitrogens is 1. The first-order valence-electron chi connectivity index (χ1n) is 11.4. The normalized spacial score (nSPS) is 16.3. The molecule has 1 aliphatic rings. The molecule has 0 N–H and O–H groups in total. The number of halogens is 1. The lowest BCUT2D eigenvalue weighted by atomic mass is 10.1. The van der Waals surface area contributed by atoms with E-state index in [0.717, 1.165) is 15.8 Å². The Morgan fingerprint density at radius 3 is 2.62 bits per heavy atom. The molecule has 1 atom stereocenters. The number of rotatable bonds is 4. The van der Waals surface area contributed by atoms with Gasteiger partial charge in [-0.2, -0.15) is 0 Å². The Morgan fingerprint density at radius 2 is 1.85 bits per heavy atom. The molecule has 5 rings (SSSR count). The second-order valence-electron chi connectivity index (χ2n) is 8.86. The molecule has 4 aromatic rings. The zero-order valence-corrected chi connectivity index (χ0v) is 20.0. The Bertz CT molecular complexity index is 1380. The van der Waals surface area contributed by atoms with Gasteiger partial charge in [-0.1, -0.05) is 42.0 Å². The number of hydrogen-bond acceptors (Lipinski definition) is 3. The van der Waals surface area contributed by atoms with Crippen LogP contribution in [0.5, 0.6) is 0 Å². The lowest BCUT2D eigenvalue weighted by molar-refractivity contribution is 0.0407. The van der Waals surface area contributed by atoms with E-state index in [4.69, 9.17) is 0 Å². The summed E-state index contributed by atoms with van der Waals surface area (Å²) < 4.78 is 16.2. The van der Waals surface area contributed by atoms with E-state index in [1.807, 2.05) is 30.5 Å². The minimum atomic E-state index is -0.521. The lowest BCUT2D eigenvalue weighted by Crippen LogP contribution is -2.55. The third kappa shape index (κ3) is 4.12. The van der Waals surface area contributed by atoms with Crippen molar-refractivity contribution in [3.63, 3.8) is 0 Å². The van der Waals surface area contributed by atoms with E-state index in [1.165, 1.54) is 17.7 Å². The number of piperazine rings is 1. The predicted octanol–water partition coefficient (Wildman–Crippen LogP) is 5.19. The van der Waals surface area contributed by atoms with Crippen molar-refractivity contribution in [1.29, 1.82) is 0 Å². The topological polar surface area (TPSA) is 45.6 Å². The number of carbonyl (C=O) groups is 2. The zero-order valence-electron chi connectivity index (χ0n) is 19.2. The van der Waals surface area contributed by atoms with Crippen LogP contribution in [0.3, 0.4) is 0 Å². The van der Waals surface area contributed by atoms with Gasteiger partial charge < -0.3 is 14.4 Å². The van der Waals surface area contributed by atoms with Crippen molar-refractivity contribution in [3.8, 4) is 0 Å². The van der Waals surface area contributed by atoms with Crippen LogP contribution < -0.4 is 0 Å². The standard InChI is InChI=1S/C27H26FN3O2S/c1-18-6-5-7-20(14-18)17-31-24(15-21-10-13-34-27(21)31)26(33)29-11-12-30(19(2)16-29)25(32)22-8-3-4-9-23(22)28/h3-10,13-15,19H,11-12,16-17H2,1-2H3. The number of fused-ring (bicyclic) bond motifs is 1. The molecule has 0 radical (unpaired) electrons. The van der Waals surface area contributed by atoms with Crippen molar-refractivity contribution in [2.24, 2.45) is 0 Å². The highest BCUT2D eigenvalue weighted by Gasteiger charge is 2.33. The molecule has 2 aromatic carbocycles. The van der Waals surface area contributed by atoms with Crippen LogP contribution in [0.15, 0.2) is 66.0 Å². The maximum Gasteiger partial charge on any atom is 0.270 e. The van der Waals surface area contributed by atoms with Crippen LogP contribution in [0.1, 0.15) is 38.9 Å². The number of carbonyl (C=O) groups excluding carboxylic acids is 2. The maximum atomic E-state index is 14.2. The highest BCUT2D eigenvalue weighted by molar-refractivity contribution is 7.16. The van der Waals surface area contributed by atoms with E-state index in [2.05, 4.69) is 29.7 Å². The zero-order chi connectivity index (χ0) is 23.8. The quantitative estimate of drug-likeness (QED) is 0.408. The summed E-state index contributed by atoms with van der Waals surface area (Å²) in [6, 6.07) is 18.1. The van der Waals surface area contributed by atoms with Crippen LogP contribution >= 0.6 is 11.3 Å². The van der Waals surface area contributed by atoms with Gasteiger partial charge in [0.15, 0.2) is 0 Å². The van der Waals surface area contributed by atoms with Crippen molar-refractivity contribution in [1.82, 2.24) is 14.4 Å². The summed E-state index contributed by atoms with van der Waals surface area (Å²) in [6.45, 7) is 5.77. The minimum Gasteiger partial charge on any atom is -0.334 e. The van der Waals surface area contributed by atoms with Crippen LogP contribution in [-0.2, 0) is 6.54 Å². The van der Waals surface area contributed by atoms with E-state index >= 15 is 0 Å². The smallest absolute Gasteiger partial charge is 0.270 e. The first-order valence-corrected chi connectivity index (χ1v) is 12.3. The van der Waals surface area contributed by atoms with Gasteiger partial charge in [-0.05, 0) is 49.1 Å². The number of nitrogens with zero attached hydrogens (tertiary/aromatic N) is 3. The van der Waals surface area contributed by atoms with Gasteiger partial charge in [0, 0.05) is 37.6 Å². The van der Waals surface area contributed by atoms with Crippen molar-refractivity contribution >= 4 is 33.4 Å². The molecule has 1 saturated heterocycles. The second kappa shape index (κ2) is 9.06. The van der Waals surface area contributed by atoms with Gasteiger partial charge in [0.2, 0.25) is 0 Å². The van der Waals surface area contributed by atoms with Gasteiger partial charge in [0.25, 0.3) is 11.8 Å². The van der Waals surface area contributed by atoms with E-state index in [9.17, 15) is 14.0 Å². The fraction of sp³-hybridized carbons (Fsp3) is 0.259. The lowest BCUT2D eigenvalue weighted by Gasteiger charge is -2.40. The molecule has 0 spiro atoms. The van der Waals surface area contributed by atoms with Gasteiger partial charge in [-0.25, -0.2) is 4.39 Å². The first-order chi connectivity index (χ1) is 16.4. The number of thiophene rings is 1. The van der Waals surface area contributed by atoms with Crippen LogP contribution in [0.4, 0.5) is 4.39 Å². The largest absolute Gasteiger partial charge is 0.334 e. The van der Waals surface area contributed by atoms with Crippen molar-refractivity contribution in [3.05, 3.63) is 94.2 Å². The van der Waals surface area contributed by atoms with E-state index < -0.39 is 5.82 Å². The molecule has 5 nitrogen and oxygen atoms in total. The number of amides is 2. The third-order valence-electron chi connectivity index (χ3n) is 6.42. The first kappa shape index (κ1) is 22.3. The Morgan fingerprint density at radius 1 is 1.03 bits per heavy atom. The minimum absolute atomic E-state index is 0.0408. The van der Waals surface area contributed by atoms with Crippen molar-refractivity contribution in [2.75, 3.05) is 19.6 Å². The summed E-state index contributed by atoms with van der Waals surface area (Å²) >= 11 is 1.63. The average molecular weight is 476 g/mol. The Hall–Kier alpha value is -3.45. The molecule has 1 fully saturated rings. The molecule has 1 aliphatic heterocycles. The van der Waals surface area contributed by atoms with Crippen LogP contribution in [0, 0.1) is 12.7 Å². The summed E-state index contributed by atoms with van der Waals surface area (Å²) in [6.07, 6.45) is 0. The van der Waals surface area contributed by atoms with Crippen molar-refractivity contribution < 1.29 is 14.0 Å². The van der Waals surface area contributed by atoms with Gasteiger partial charge in [-0.15, -0.1) is 11.3 Å². The molecule has 0 bridgehead atoms. The molecular formula is C27H26FN3O2S. The molecule has 0 aliphatic carbocycles. The van der Waals surface area contributed by atoms with Gasteiger partial charge in [0.1, 0.15) is 16.3 Å². The molecule has 2 aromatic heterocycles. The van der Waals surface area contributed by atoms with Crippen LogP contribution in [-0.4, -0.2) is 51.9 Å². The Labute approximate surface area is 202 Å². The molecule has 1 unspecified atom stereocenters. The maximum absolute atomic E-state index is 14.2. The SMILES string of the molecule is Cc1cccc(Cn2c(C(=O)N3CCN(C(=O)c4ccccc4F)C(C)C3)cc3ccsc32)c1. The van der Waals surface area contributed by atoms with Crippen molar-refractivity contribution in [2.45, 2.75) is 26.4 Å². The molecule has 2 amide bonds. The number of aryl methyl sites for hydroxylation is 1. The number of benzene rings is 2. The predicted molar refractivity (Wildman–Crippen MR) is 133 cm³/mol. The van der Waals surface area contributed by atoms with Gasteiger partial charge in [-0.3, -0.25) is 9.59 Å². The van der Waals surface area contributed by atoms with E-state index in [-0.39, 0.29) is 23.4 Å². The molecule has 0 saturated carbocycles. The number of hydrogen-bond donors (Lipinski definition) is 0. The molecular weight excluding hydrogens is 449 g/mol. The summed E-state index contributed by atoms with van der Waals surface area (Å²) in [5.41, 5.74) is 3.06. The molecule has 3 heterocycles. The van der Waals surface area contributed by atoms with Crippen LogP contribution in [0.2, 0.25) is 0 Å². The average Bonchev–Trinajstić information content (AvgIpc) is 3.41. The summed E-state index contributed by atoms with van der Waals surface area (Å²) in [5, 5.41) is 3.10. The van der Waals surface area contributed by atoms with Gasteiger partial charge >= 0.3 is 0 Å². The Balaban J connectivity index is 1.37. The summed E-state index contributed by atoms with van der Waals surface area (Å²) in [5.74, 6) is -0.894. The van der Waals surface area contributed by atoms with E-state index in [0.29, 0.717) is 31.9 Å². The molecule has 174 valence electrons. The highest BCUT2D eigenvalue weighted by Crippen LogP contribution is 2.28. The summed E-state index contributed by atoms with van der Waals surface area (Å²) in [4.78, 5) is 31.1. The Kier molecular flexibility index (Phi) is 5.96. The monoisotopic (exact) mass is 475 g/mol. The molecule has 34 heavy (non-hydrogen) atoms. The third-order valence-corrected chi connectivity index (χ3v) is 7.38. The van der Waals surface area contributed by atoms with Crippen LogP contribution in [0.25, 0.3) is 10.2 Å². The fourth-order valence-corrected chi connectivity index (χ4v) is 5.59. The fourth-order valence-electron chi connectivity index (χ4n) is 4.70. The second-order valence-corrected chi connectivity index (χ2v) is 9.76. The summed E-state index contributed by atoms with van der Waals surface area (Å²) in [7, 11) is 0. The highest BCUT2D eigenvalue weighted by atomic mass is 32.1. The van der Waals surface area contributed by atoms with E-state index in [1.54, 1.807) is 33.3 Å².